The lowest BCUT2D eigenvalue weighted by Gasteiger charge is -2.11. The van der Waals surface area contributed by atoms with E-state index in [1.807, 2.05) is 0 Å². The molecule has 130 valence electrons. The molecule has 9 nitrogen and oxygen atoms in total. The molecule has 0 fully saturated rings. The van der Waals surface area contributed by atoms with Crippen LogP contribution in [0.5, 0.6) is 0 Å². The maximum atomic E-state index is 12.2. The summed E-state index contributed by atoms with van der Waals surface area (Å²) < 4.78 is 0. The number of nitrogens with one attached hydrogen (secondary N) is 3. The summed E-state index contributed by atoms with van der Waals surface area (Å²) in [5.74, 6) is -3.02. The zero-order valence-corrected chi connectivity index (χ0v) is 13.8. The number of aromatic amines is 1. The van der Waals surface area contributed by atoms with E-state index in [1.54, 1.807) is 30.3 Å². The van der Waals surface area contributed by atoms with Crippen molar-refractivity contribution >= 4 is 41.1 Å². The molecule has 2 aromatic rings. The molecule has 0 saturated heterocycles. The number of thioether (sulfide) groups is 1. The Bertz CT molecular complexity index is 866. The fourth-order valence-electron chi connectivity index (χ4n) is 1.80. The maximum Gasteiger partial charge on any atom is 0.277 e. The van der Waals surface area contributed by atoms with Crippen LogP contribution in [0, 0.1) is 0 Å². The van der Waals surface area contributed by atoms with Gasteiger partial charge in [-0.2, -0.15) is 0 Å². The van der Waals surface area contributed by atoms with Crippen molar-refractivity contribution in [2.75, 3.05) is 16.4 Å². The number of hydrogen-bond donors (Lipinski definition) is 3. The van der Waals surface area contributed by atoms with Gasteiger partial charge in [0.15, 0.2) is 16.7 Å². The molecule has 25 heavy (non-hydrogen) atoms. The first-order valence-corrected chi connectivity index (χ1v) is 7.96. The molecule has 0 aliphatic carbocycles. The van der Waals surface area contributed by atoms with E-state index in [-0.39, 0.29) is 16.7 Å². The Hall–Kier alpha value is -3.14. The summed E-state index contributed by atoms with van der Waals surface area (Å²) >= 11 is 0.715. The monoisotopic (exact) mass is 361 g/mol. The first-order valence-electron chi connectivity index (χ1n) is 6.97. The number of aliphatic carboxylic acids is 1. The van der Waals surface area contributed by atoms with E-state index in [9.17, 15) is 24.3 Å². The smallest absolute Gasteiger partial charge is 0.277 e. The van der Waals surface area contributed by atoms with E-state index < -0.39 is 29.1 Å². The molecule has 0 aliphatic heterocycles. The van der Waals surface area contributed by atoms with Crippen LogP contribution in [0.25, 0.3) is 0 Å². The van der Waals surface area contributed by atoms with Gasteiger partial charge in [-0.15, -0.1) is 0 Å². The van der Waals surface area contributed by atoms with E-state index in [0.717, 1.165) is 0 Å². The number of H-pyrrole nitrogens is 1. The van der Waals surface area contributed by atoms with Crippen LogP contribution < -0.4 is 21.3 Å². The summed E-state index contributed by atoms with van der Waals surface area (Å²) in [5, 5.41) is 15.2. The van der Waals surface area contributed by atoms with Gasteiger partial charge in [-0.1, -0.05) is 30.0 Å². The van der Waals surface area contributed by atoms with Crippen LogP contribution in [-0.4, -0.2) is 33.5 Å². The number of carbonyl (C=O) groups excluding carboxylic acids is 3. The molecule has 1 heterocycles. The van der Waals surface area contributed by atoms with Gasteiger partial charge in [0.05, 0.1) is 5.97 Å². The summed E-state index contributed by atoms with van der Waals surface area (Å²) in [4.78, 5) is 52.6. The van der Waals surface area contributed by atoms with Gasteiger partial charge in [0.1, 0.15) is 0 Å². The Morgan fingerprint density at radius 3 is 2.48 bits per heavy atom. The number of rotatable bonds is 6. The standard InChI is InChI=1S/C15H14N4O5S/c1-8(20)16-12-11(17-13(23)9-5-3-2-4-6-9)14(24)19-15(18-12)25-7-10(21)22/h2-6H,7H2,1H3,(H,17,23)(H,21,22)(H2,16,18,19,20,24)/p-1. The normalized spacial score (nSPS) is 10.1. The topological polar surface area (TPSA) is 144 Å². The van der Waals surface area contributed by atoms with Crippen LogP contribution in [-0.2, 0) is 9.59 Å². The summed E-state index contributed by atoms with van der Waals surface area (Å²) in [6, 6.07) is 8.16. The summed E-state index contributed by atoms with van der Waals surface area (Å²) in [6.45, 7) is 1.21. The Morgan fingerprint density at radius 1 is 1.20 bits per heavy atom. The van der Waals surface area contributed by atoms with Crippen LogP contribution in [0.3, 0.4) is 0 Å². The van der Waals surface area contributed by atoms with Crippen molar-refractivity contribution in [2.24, 2.45) is 0 Å². The maximum absolute atomic E-state index is 12.2. The van der Waals surface area contributed by atoms with E-state index in [2.05, 4.69) is 20.6 Å². The number of aromatic nitrogens is 2. The molecule has 0 unspecified atom stereocenters. The molecular formula is C15H13N4O5S-. The number of amides is 2. The van der Waals surface area contributed by atoms with Gasteiger partial charge in [-0.25, -0.2) is 4.98 Å². The minimum Gasteiger partial charge on any atom is -0.549 e. The SMILES string of the molecule is CC(=O)Nc1nc(SCC(=O)[O-])[nH]c(=O)c1NC(=O)c1ccccc1. The van der Waals surface area contributed by atoms with Crippen molar-refractivity contribution in [3.05, 3.63) is 46.2 Å². The zero-order chi connectivity index (χ0) is 18.4. The number of anilines is 2. The Labute approximate surface area is 145 Å². The molecule has 0 saturated carbocycles. The van der Waals surface area contributed by atoms with Crippen molar-refractivity contribution in [3.63, 3.8) is 0 Å². The predicted molar refractivity (Wildman–Crippen MR) is 89.3 cm³/mol. The lowest BCUT2D eigenvalue weighted by Crippen LogP contribution is -2.26. The number of carboxylic acid groups (broad SMARTS) is 1. The second-order valence-electron chi connectivity index (χ2n) is 4.76. The third kappa shape index (κ3) is 5.18. The highest BCUT2D eigenvalue weighted by molar-refractivity contribution is 7.99. The lowest BCUT2D eigenvalue weighted by molar-refractivity contribution is -0.301. The second kappa shape index (κ2) is 8.11. The van der Waals surface area contributed by atoms with Crippen molar-refractivity contribution < 1.29 is 19.5 Å². The highest BCUT2D eigenvalue weighted by Crippen LogP contribution is 2.19. The molecule has 2 rings (SSSR count). The molecule has 1 aromatic carbocycles. The Morgan fingerprint density at radius 2 is 1.88 bits per heavy atom. The molecule has 0 spiro atoms. The molecule has 2 amide bonds. The quantitative estimate of drug-likeness (QED) is 0.478. The van der Waals surface area contributed by atoms with E-state index >= 15 is 0 Å². The van der Waals surface area contributed by atoms with E-state index in [4.69, 9.17) is 0 Å². The number of hydrogen-bond acceptors (Lipinski definition) is 7. The lowest BCUT2D eigenvalue weighted by atomic mass is 10.2. The van der Waals surface area contributed by atoms with E-state index in [1.165, 1.54) is 6.92 Å². The first-order chi connectivity index (χ1) is 11.9. The number of benzene rings is 1. The predicted octanol–water partition coefficient (Wildman–Crippen LogP) is -0.177. The van der Waals surface area contributed by atoms with Gasteiger partial charge in [0.25, 0.3) is 11.5 Å². The Balaban J connectivity index is 2.35. The first kappa shape index (κ1) is 18.2. The van der Waals surface area contributed by atoms with Crippen LogP contribution in [0.1, 0.15) is 17.3 Å². The second-order valence-corrected chi connectivity index (χ2v) is 5.72. The van der Waals surface area contributed by atoms with Crippen LogP contribution in [0.15, 0.2) is 40.3 Å². The zero-order valence-electron chi connectivity index (χ0n) is 13.0. The van der Waals surface area contributed by atoms with Crippen molar-refractivity contribution in [1.82, 2.24) is 9.97 Å². The van der Waals surface area contributed by atoms with Crippen molar-refractivity contribution in [2.45, 2.75) is 12.1 Å². The summed E-state index contributed by atoms with van der Waals surface area (Å²) in [5.41, 5.74) is -0.670. The molecule has 0 atom stereocenters. The number of carboxylic acids is 1. The third-order valence-electron chi connectivity index (χ3n) is 2.79. The van der Waals surface area contributed by atoms with Crippen molar-refractivity contribution in [3.8, 4) is 0 Å². The molecule has 10 heteroatoms. The van der Waals surface area contributed by atoms with Gasteiger partial charge in [-0.05, 0) is 12.1 Å². The minimum atomic E-state index is -1.34. The Kier molecular flexibility index (Phi) is 5.90. The molecule has 3 N–H and O–H groups in total. The van der Waals surface area contributed by atoms with Crippen LogP contribution in [0.2, 0.25) is 0 Å². The molecule has 1 aromatic heterocycles. The molecule has 0 aliphatic rings. The highest BCUT2D eigenvalue weighted by Gasteiger charge is 2.16. The fraction of sp³-hybridized carbons (Fsp3) is 0.133. The van der Waals surface area contributed by atoms with Gasteiger partial charge in [-0.3, -0.25) is 19.4 Å². The van der Waals surface area contributed by atoms with Gasteiger partial charge >= 0.3 is 0 Å². The summed E-state index contributed by atoms with van der Waals surface area (Å²) in [7, 11) is 0. The van der Waals surface area contributed by atoms with Crippen LogP contribution in [0.4, 0.5) is 11.5 Å². The number of nitrogens with zero attached hydrogens (tertiary/aromatic N) is 1. The fourth-order valence-corrected chi connectivity index (χ4v) is 2.37. The highest BCUT2D eigenvalue weighted by atomic mass is 32.2. The van der Waals surface area contributed by atoms with Gasteiger partial charge < -0.3 is 20.5 Å². The van der Waals surface area contributed by atoms with Gasteiger partial charge in [0.2, 0.25) is 5.91 Å². The average molecular weight is 361 g/mol. The molecule has 0 radical (unpaired) electrons. The van der Waals surface area contributed by atoms with Gasteiger partial charge in [0, 0.05) is 18.2 Å². The van der Waals surface area contributed by atoms with Crippen molar-refractivity contribution in [1.29, 1.82) is 0 Å². The largest absolute Gasteiger partial charge is 0.549 e. The van der Waals surface area contributed by atoms with Crippen LogP contribution >= 0.6 is 11.8 Å². The number of carbonyl (C=O) groups is 3. The molecule has 0 bridgehead atoms. The third-order valence-corrected chi connectivity index (χ3v) is 3.64. The minimum absolute atomic E-state index is 0.0318. The summed E-state index contributed by atoms with van der Waals surface area (Å²) in [6.07, 6.45) is 0. The average Bonchev–Trinajstić information content (AvgIpc) is 2.56. The van der Waals surface area contributed by atoms with E-state index in [0.29, 0.717) is 17.3 Å². The molecular weight excluding hydrogens is 348 g/mol.